The molecule has 0 aliphatic carbocycles. The fourth-order valence-corrected chi connectivity index (χ4v) is 0.615. The molecule has 0 unspecified atom stereocenters. The Morgan fingerprint density at radius 2 is 2.00 bits per heavy atom. The van der Waals surface area contributed by atoms with Gasteiger partial charge in [0.1, 0.15) is 12.4 Å². The van der Waals surface area contributed by atoms with Gasteiger partial charge in [-0.25, -0.2) is 9.59 Å². The van der Waals surface area contributed by atoms with Crippen molar-refractivity contribution in [3.63, 3.8) is 0 Å². The van der Waals surface area contributed by atoms with Crippen molar-refractivity contribution >= 4 is 12.1 Å². The Morgan fingerprint density at radius 3 is 2.27 bits per heavy atom. The first kappa shape index (κ1) is 7.26. The number of hydrogen-bond donors (Lipinski definition) is 2. The molecule has 11 heavy (non-hydrogen) atoms. The zero-order chi connectivity index (χ0) is 8.43. The fraction of sp³-hybridized carbons (Fsp3) is 0. The van der Waals surface area contributed by atoms with E-state index in [-0.39, 0.29) is 0 Å². The van der Waals surface area contributed by atoms with E-state index in [0.717, 1.165) is 9.13 Å². The summed E-state index contributed by atoms with van der Waals surface area (Å²) in [5.74, 6) is 0. The average Bonchev–Trinajstić information content (AvgIpc) is 2.33. The van der Waals surface area contributed by atoms with Gasteiger partial charge in [-0.1, -0.05) is 0 Å². The normalized spacial score (nSPS) is 9.45. The summed E-state index contributed by atoms with van der Waals surface area (Å²) in [7, 11) is 0. The molecule has 0 saturated carbocycles. The van der Waals surface area contributed by atoms with Crippen molar-refractivity contribution < 1.29 is 14.2 Å². The third kappa shape index (κ3) is 1.34. The molecule has 2 amide bonds. The summed E-state index contributed by atoms with van der Waals surface area (Å²) >= 11 is 0. The lowest BCUT2D eigenvalue weighted by molar-refractivity contribution is -0.568. The smallest absolute Gasteiger partial charge is 0.338 e. The van der Waals surface area contributed by atoms with E-state index >= 15 is 0 Å². The molecule has 6 nitrogen and oxygen atoms in total. The molecule has 1 rings (SSSR count). The SMILES string of the molecule is NC(=O)n1cc[n+](C(N)=O)c1. The molecule has 4 N–H and O–H groups in total. The van der Waals surface area contributed by atoms with Gasteiger partial charge in [-0.3, -0.25) is 5.73 Å². The van der Waals surface area contributed by atoms with Crippen LogP contribution in [0.5, 0.6) is 0 Å². The van der Waals surface area contributed by atoms with Gasteiger partial charge >= 0.3 is 12.1 Å². The molecule has 0 saturated heterocycles. The number of rotatable bonds is 0. The van der Waals surface area contributed by atoms with E-state index in [4.69, 9.17) is 11.5 Å². The van der Waals surface area contributed by atoms with Gasteiger partial charge in [-0.05, 0) is 0 Å². The van der Waals surface area contributed by atoms with Crippen LogP contribution in [0.25, 0.3) is 0 Å². The molecule has 0 fully saturated rings. The number of nitrogens with zero attached hydrogens (tertiary/aromatic N) is 2. The van der Waals surface area contributed by atoms with Crippen LogP contribution in [-0.4, -0.2) is 16.6 Å². The number of carbonyl (C=O) groups is 2. The highest BCUT2D eigenvalue weighted by atomic mass is 16.2. The first-order valence-electron chi connectivity index (χ1n) is 2.80. The van der Waals surface area contributed by atoms with Crippen LogP contribution in [0, 0.1) is 0 Å². The lowest BCUT2D eigenvalue weighted by Gasteiger charge is -1.84. The van der Waals surface area contributed by atoms with Gasteiger partial charge < -0.3 is 5.73 Å². The summed E-state index contributed by atoms with van der Waals surface area (Å²) in [6, 6.07) is -1.32. The lowest BCUT2D eigenvalue weighted by Crippen LogP contribution is -2.45. The minimum Gasteiger partial charge on any atom is -0.338 e. The number of primary amides is 2. The summed E-state index contributed by atoms with van der Waals surface area (Å²) in [4.78, 5) is 20.9. The summed E-state index contributed by atoms with van der Waals surface area (Å²) in [6.45, 7) is 0. The van der Waals surface area contributed by atoms with Crippen molar-refractivity contribution in [3.05, 3.63) is 18.7 Å². The molecule has 0 atom stereocenters. The lowest BCUT2D eigenvalue weighted by atomic mass is 10.8. The standard InChI is InChI=1S/C5H6N4O2/c6-4(10)8-1-2-9(3-8)5(7)11/h1-3H,(H3-,6,7,10,11)/p+1. The molecule has 58 valence electrons. The zero-order valence-electron chi connectivity index (χ0n) is 5.60. The van der Waals surface area contributed by atoms with Gasteiger partial charge in [0, 0.05) is 0 Å². The van der Waals surface area contributed by atoms with Crippen molar-refractivity contribution in [2.45, 2.75) is 0 Å². The Hall–Kier alpha value is -1.85. The van der Waals surface area contributed by atoms with Gasteiger partial charge in [0.05, 0.1) is 0 Å². The topological polar surface area (TPSA) is 95.0 Å². The average molecular weight is 155 g/mol. The van der Waals surface area contributed by atoms with Crippen LogP contribution < -0.4 is 16.0 Å². The van der Waals surface area contributed by atoms with Crippen LogP contribution in [0.1, 0.15) is 0 Å². The van der Waals surface area contributed by atoms with E-state index in [2.05, 4.69) is 0 Å². The molecule has 0 spiro atoms. The Bertz CT molecular complexity index is 275. The largest absolute Gasteiger partial charge is 0.438 e. The van der Waals surface area contributed by atoms with Crippen molar-refractivity contribution in [1.29, 1.82) is 0 Å². The van der Waals surface area contributed by atoms with Crippen LogP contribution in [0.4, 0.5) is 9.59 Å². The van der Waals surface area contributed by atoms with Crippen LogP contribution >= 0.6 is 0 Å². The minimum absolute atomic E-state index is 0.662. The summed E-state index contributed by atoms with van der Waals surface area (Å²) in [6.07, 6.45) is 3.88. The molecular weight excluding hydrogens is 148 g/mol. The number of aromatic nitrogens is 2. The fourth-order valence-electron chi connectivity index (χ4n) is 0.615. The second kappa shape index (κ2) is 2.41. The van der Waals surface area contributed by atoms with Gasteiger partial charge in [0.2, 0.25) is 6.33 Å². The van der Waals surface area contributed by atoms with E-state index in [1.54, 1.807) is 0 Å². The van der Waals surface area contributed by atoms with E-state index in [9.17, 15) is 9.59 Å². The molecular formula is C5H7N4O2+. The molecule has 0 radical (unpaired) electrons. The molecule has 0 aromatic carbocycles. The van der Waals surface area contributed by atoms with E-state index < -0.39 is 12.1 Å². The predicted octanol–water partition coefficient (Wildman–Crippen LogP) is -1.37. The number of hydrogen-bond acceptors (Lipinski definition) is 2. The quantitative estimate of drug-likeness (QED) is 0.452. The Balaban J connectivity index is 2.99. The maximum atomic E-state index is 10.5. The van der Waals surface area contributed by atoms with Crippen molar-refractivity contribution in [1.82, 2.24) is 4.57 Å². The number of amides is 2. The summed E-state index contributed by atoms with van der Waals surface area (Å²) < 4.78 is 2.09. The van der Waals surface area contributed by atoms with Gasteiger partial charge in [0.25, 0.3) is 0 Å². The summed E-state index contributed by atoms with van der Waals surface area (Å²) in [5.41, 5.74) is 9.77. The second-order valence-corrected chi connectivity index (χ2v) is 1.90. The van der Waals surface area contributed by atoms with Crippen LogP contribution in [0.2, 0.25) is 0 Å². The van der Waals surface area contributed by atoms with Crippen molar-refractivity contribution in [2.24, 2.45) is 11.5 Å². The van der Waals surface area contributed by atoms with Crippen LogP contribution in [0.15, 0.2) is 18.7 Å². The number of carbonyl (C=O) groups excluding carboxylic acids is 2. The predicted molar refractivity (Wildman–Crippen MR) is 34.6 cm³/mol. The third-order valence-corrected chi connectivity index (χ3v) is 1.15. The van der Waals surface area contributed by atoms with Gasteiger partial charge in [-0.2, -0.15) is 9.13 Å². The van der Waals surface area contributed by atoms with E-state index in [0.29, 0.717) is 0 Å². The highest BCUT2D eigenvalue weighted by molar-refractivity contribution is 5.74. The summed E-state index contributed by atoms with van der Waals surface area (Å²) in [5, 5.41) is 0. The van der Waals surface area contributed by atoms with E-state index in [1.807, 2.05) is 0 Å². The second-order valence-electron chi connectivity index (χ2n) is 1.90. The monoisotopic (exact) mass is 155 g/mol. The number of imidazole rings is 1. The number of nitrogens with two attached hydrogens (primary N) is 2. The highest BCUT2D eigenvalue weighted by Gasteiger charge is 2.08. The molecule has 0 aliphatic rings. The molecule has 1 heterocycles. The first-order valence-corrected chi connectivity index (χ1v) is 2.80. The maximum absolute atomic E-state index is 10.5. The van der Waals surface area contributed by atoms with E-state index in [1.165, 1.54) is 18.7 Å². The van der Waals surface area contributed by atoms with Gasteiger partial charge in [-0.15, -0.1) is 0 Å². The first-order chi connectivity index (χ1) is 5.11. The molecule has 0 aliphatic heterocycles. The molecule has 6 heteroatoms. The Kier molecular flexibility index (Phi) is 1.59. The minimum atomic E-state index is -0.662. The van der Waals surface area contributed by atoms with Crippen molar-refractivity contribution in [3.8, 4) is 0 Å². The molecule has 1 aromatic heterocycles. The van der Waals surface area contributed by atoms with Crippen LogP contribution in [-0.2, 0) is 0 Å². The highest BCUT2D eigenvalue weighted by Crippen LogP contribution is 1.79. The Labute approximate surface area is 62.0 Å². The molecule has 1 aromatic rings. The maximum Gasteiger partial charge on any atom is 0.438 e. The Morgan fingerprint density at radius 1 is 1.36 bits per heavy atom. The van der Waals surface area contributed by atoms with Crippen molar-refractivity contribution in [2.75, 3.05) is 0 Å². The van der Waals surface area contributed by atoms with Crippen LogP contribution in [0.3, 0.4) is 0 Å². The zero-order valence-corrected chi connectivity index (χ0v) is 5.60. The third-order valence-electron chi connectivity index (χ3n) is 1.15. The van der Waals surface area contributed by atoms with Gasteiger partial charge in [0.15, 0.2) is 0 Å². The molecule has 0 bridgehead atoms.